The molecular weight excluding hydrogens is 558 g/mol. The molecule has 0 bridgehead atoms. The number of aliphatic hydroxyl groups is 1. The average Bonchev–Trinajstić information content (AvgIpc) is 2.92. The Morgan fingerprint density at radius 1 is 0.833 bits per heavy atom. The molecule has 1 aromatic carbocycles. The molecule has 6 atom stereocenters. The summed E-state index contributed by atoms with van der Waals surface area (Å²) in [6, 6.07) is 8.55. The standard InChI is InChI=1S/C28H41NO13/c1-18(30)29-25-27(41-21(4)33)26(40-20(3)32)24(17-39-19(2)31)42-28(25)38-13-12-35-10-11-36-15-23(34)16-37-14-22-8-6-5-7-9-22/h5-9,23-28,34H,10-17H2,1-4H3,(H,29,30)/t23-,24+,25+,26-,27+,28+/m0/s1. The number of benzene rings is 1. The molecule has 0 spiro atoms. The Morgan fingerprint density at radius 2 is 1.45 bits per heavy atom. The van der Waals surface area contributed by atoms with Gasteiger partial charge in [-0.3, -0.25) is 19.2 Å². The average molecular weight is 600 g/mol. The highest BCUT2D eigenvalue weighted by Crippen LogP contribution is 2.28. The Hall–Kier alpha value is -3.14. The van der Waals surface area contributed by atoms with Gasteiger partial charge in [0.15, 0.2) is 18.5 Å². The quantitative estimate of drug-likeness (QED) is 0.134. The van der Waals surface area contributed by atoms with Crippen molar-refractivity contribution < 1.29 is 62.2 Å². The van der Waals surface area contributed by atoms with E-state index in [-0.39, 0.29) is 46.2 Å². The van der Waals surface area contributed by atoms with Crippen molar-refractivity contribution in [3.63, 3.8) is 0 Å². The van der Waals surface area contributed by atoms with Crippen LogP contribution in [0, 0.1) is 0 Å². The lowest BCUT2D eigenvalue weighted by Gasteiger charge is -2.44. The van der Waals surface area contributed by atoms with E-state index in [1.54, 1.807) is 0 Å². The molecule has 2 rings (SSSR count). The van der Waals surface area contributed by atoms with Gasteiger partial charge in [-0.15, -0.1) is 0 Å². The smallest absolute Gasteiger partial charge is 0.303 e. The van der Waals surface area contributed by atoms with E-state index in [0.29, 0.717) is 6.61 Å². The summed E-state index contributed by atoms with van der Waals surface area (Å²) in [6.07, 6.45) is -5.42. The van der Waals surface area contributed by atoms with Crippen LogP contribution in [0.2, 0.25) is 0 Å². The molecule has 0 aromatic heterocycles. The minimum absolute atomic E-state index is 0.00200. The molecule has 0 aliphatic carbocycles. The van der Waals surface area contributed by atoms with Crippen LogP contribution in [0.3, 0.4) is 0 Å². The maximum absolute atomic E-state index is 12.0. The van der Waals surface area contributed by atoms with Crippen LogP contribution in [0.15, 0.2) is 30.3 Å². The largest absolute Gasteiger partial charge is 0.463 e. The molecule has 14 nitrogen and oxygen atoms in total. The summed E-state index contributed by atoms with van der Waals surface area (Å²) in [5.74, 6) is -2.48. The van der Waals surface area contributed by atoms with Crippen molar-refractivity contribution in [3.8, 4) is 0 Å². The molecule has 2 N–H and O–H groups in total. The van der Waals surface area contributed by atoms with Crippen molar-refractivity contribution in [2.24, 2.45) is 0 Å². The van der Waals surface area contributed by atoms with Gasteiger partial charge in [-0.05, 0) is 5.56 Å². The number of rotatable bonds is 18. The first-order chi connectivity index (χ1) is 20.1. The summed E-state index contributed by atoms with van der Waals surface area (Å²) in [4.78, 5) is 47.1. The molecule has 1 heterocycles. The van der Waals surface area contributed by atoms with Gasteiger partial charge < -0.3 is 48.3 Å². The predicted octanol–water partition coefficient (Wildman–Crippen LogP) is 0.270. The second-order valence-corrected chi connectivity index (χ2v) is 9.43. The van der Waals surface area contributed by atoms with Crippen LogP contribution in [0.25, 0.3) is 0 Å². The highest BCUT2D eigenvalue weighted by atomic mass is 16.7. The Balaban J connectivity index is 1.82. The van der Waals surface area contributed by atoms with Crippen LogP contribution in [-0.2, 0) is 63.7 Å². The fraction of sp³-hybridized carbons (Fsp3) is 0.643. The minimum Gasteiger partial charge on any atom is -0.463 e. The Bertz CT molecular complexity index is 976. The van der Waals surface area contributed by atoms with E-state index in [2.05, 4.69) is 5.32 Å². The molecule has 1 aliphatic heterocycles. The van der Waals surface area contributed by atoms with E-state index in [4.69, 9.17) is 37.9 Å². The van der Waals surface area contributed by atoms with Crippen molar-refractivity contribution >= 4 is 23.8 Å². The van der Waals surface area contributed by atoms with Crippen molar-refractivity contribution in [2.45, 2.75) is 71.0 Å². The van der Waals surface area contributed by atoms with Crippen LogP contribution in [0.4, 0.5) is 0 Å². The molecule has 1 aromatic rings. The molecule has 0 unspecified atom stereocenters. The Labute approximate surface area is 244 Å². The molecule has 1 amide bonds. The molecule has 1 saturated heterocycles. The number of aliphatic hydroxyl groups excluding tert-OH is 1. The second-order valence-electron chi connectivity index (χ2n) is 9.43. The summed E-state index contributed by atoms with van der Waals surface area (Å²) in [5.41, 5.74) is 1.01. The van der Waals surface area contributed by atoms with Gasteiger partial charge >= 0.3 is 17.9 Å². The Morgan fingerprint density at radius 3 is 2.10 bits per heavy atom. The fourth-order valence-corrected chi connectivity index (χ4v) is 4.03. The highest BCUT2D eigenvalue weighted by Gasteiger charge is 2.51. The van der Waals surface area contributed by atoms with E-state index < -0.39 is 60.6 Å². The van der Waals surface area contributed by atoms with Gasteiger partial charge in [-0.2, -0.15) is 0 Å². The number of hydrogen-bond acceptors (Lipinski definition) is 13. The molecule has 0 radical (unpaired) electrons. The molecule has 14 heteroatoms. The molecule has 1 fully saturated rings. The van der Waals surface area contributed by atoms with Crippen LogP contribution in [0.1, 0.15) is 33.3 Å². The van der Waals surface area contributed by atoms with Gasteiger partial charge in [0.05, 0.1) is 46.2 Å². The number of hydrogen-bond donors (Lipinski definition) is 2. The van der Waals surface area contributed by atoms with Gasteiger partial charge in [0.25, 0.3) is 0 Å². The summed E-state index contributed by atoms with van der Waals surface area (Å²) < 4.78 is 43.9. The first kappa shape index (κ1) is 35.1. The number of carbonyl (C=O) groups excluding carboxylic acids is 4. The highest BCUT2D eigenvalue weighted by molar-refractivity contribution is 5.73. The van der Waals surface area contributed by atoms with Gasteiger partial charge in [0, 0.05) is 27.7 Å². The van der Waals surface area contributed by atoms with Crippen molar-refractivity contribution in [2.75, 3.05) is 46.2 Å². The second kappa shape index (κ2) is 19.1. The van der Waals surface area contributed by atoms with Crippen LogP contribution in [0.5, 0.6) is 0 Å². The van der Waals surface area contributed by atoms with Crippen molar-refractivity contribution in [1.82, 2.24) is 5.32 Å². The molecular formula is C28H41NO13. The van der Waals surface area contributed by atoms with Crippen molar-refractivity contribution in [1.29, 1.82) is 0 Å². The van der Waals surface area contributed by atoms with Crippen LogP contribution in [-0.4, -0.2) is 112 Å². The van der Waals surface area contributed by atoms with E-state index in [1.165, 1.54) is 13.8 Å². The first-order valence-electron chi connectivity index (χ1n) is 13.5. The van der Waals surface area contributed by atoms with Gasteiger partial charge in [0.1, 0.15) is 24.9 Å². The van der Waals surface area contributed by atoms with Crippen LogP contribution >= 0.6 is 0 Å². The summed E-state index contributed by atoms with van der Waals surface area (Å²) in [5, 5.41) is 12.6. The molecule has 0 saturated carbocycles. The first-order valence-corrected chi connectivity index (χ1v) is 13.5. The SMILES string of the molecule is CC(=O)N[C@H]1[C@H](OCCOCCOC[C@H](O)COCc2ccccc2)O[C@H](COC(C)=O)[C@H](OC(C)=O)[C@@H]1OC(C)=O. The maximum atomic E-state index is 12.0. The molecule has 42 heavy (non-hydrogen) atoms. The zero-order valence-corrected chi connectivity index (χ0v) is 24.4. The summed E-state index contributed by atoms with van der Waals surface area (Å²) >= 11 is 0. The summed E-state index contributed by atoms with van der Waals surface area (Å²) in [6.45, 7) is 5.58. The molecule has 1 aliphatic rings. The lowest BCUT2D eigenvalue weighted by atomic mass is 9.96. The zero-order valence-electron chi connectivity index (χ0n) is 24.4. The number of carbonyl (C=O) groups is 4. The normalized spacial score (nSPS) is 22.5. The lowest BCUT2D eigenvalue weighted by Crippen LogP contribution is -2.66. The fourth-order valence-electron chi connectivity index (χ4n) is 4.03. The van der Waals surface area contributed by atoms with Gasteiger partial charge in [-0.1, -0.05) is 30.3 Å². The Kier molecular flexibility index (Phi) is 16.0. The van der Waals surface area contributed by atoms with E-state index in [9.17, 15) is 24.3 Å². The number of esters is 3. The third-order valence-corrected chi connectivity index (χ3v) is 5.69. The maximum Gasteiger partial charge on any atom is 0.303 e. The van der Waals surface area contributed by atoms with Gasteiger partial charge in [0.2, 0.25) is 5.91 Å². The van der Waals surface area contributed by atoms with Crippen LogP contribution < -0.4 is 5.32 Å². The number of amides is 1. The third-order valence-electron chi connectivity index (χ3n) is 5.69. The number of ether oxygens (including phenoxy) is 8. The monoisotopic (exact) mass is 599 g/mol. The third kappa shape index (κ3) is 13.7. The van der Waals surface area contributed by atoms with Crippen molar-refractivity contribution in [3.05, 3.63) is 35.9 Å². The predicted molar refractivity (Wildman–Crippen MR) is 144 cm³/mol. The lowest BCUT2D eigenvalue weighted by molar-refractivity contribution is -0.279. The number of nitrogens with one attached hydrogen (secondary N) is 1. The minimum atomic E-state index is -1.20. The summed E-state index contributed by atoms with van der Waals surface area (Å²) in [7, 11) is 0. The molecule has 236 valence electrons. The van der Waals surface area contributed by atoms with E-state index in [0.717, 1.165) is 19.4 Å². The zero-order chi connectivity index (χ0) is 30.9. The van der Waals surface area contributed by atoms with E-state index >= 15 is 0 Å². The van der Waals surface area contributed by atoms with Gasteiger partial charge in [-0.25, -0.2) is 0 Å². The van der Waals surface area contributed by atoms with E-state index in [1.807, 2.05) is 30.3 Å². The topological polar surface area (TPSA) is 174 Å².